The SMILES string of the molecule is COc1ccc(C(=O)Nc2cccc(OCc3cc(=O)n4ccc(C)cc4n3)c2)cc1OC. The predicted molar refractivity (Wildman–Crippen MR) is 124 cm³/mol. The molecule has 0 aliphatic rings. The molecule has 0 spiro atoms. The molecule has 2 heterocycles. The van der Waals surface area contributed by atoms with Crippen LogP contribution in [0, 0.1) is 6.92 Å². The molecule has 0 fully saturated rings. The summed E-state index contributed by atoms with van der Waals surface area (Å²) in [5.74, 6) is 1.25. The van der Waals surface area contributed by atoms with Gasteiger partial charge in [-0.2, -0.15) is 0 Å². The molecule has 168 valence electrons. The molecule has 4 rings (SSSR count). The van der Waals surface area contributed by atoms with Crippen LogP contribution < -0.4 is 25.1 Å². The van der Waals surface area contributed by atoms with Crippen molar-refractivity contribution < 1.29 is 19.0 Å². The van der Waals surface area contributed by atoms with E-state index < -0.39 is 0 Å². The van der Waals surface area contributed by atoms with Crippen molar-refractivity contribution in [3.8, 4) is 17.2 Å². The zero-order valence-electron chi connectivity index (χ0n) is 18.5. The maximum Gasteiger partial charge on any atom is 0.258 e. The lowest BCUT2D eigenvalue weighted by atomic mass is 10.2. The Balaban J connectivity index is 1.47. The molecule has 0 atom stereocenters. The quantitative estimate of drug-likeness (QED) is 0.465. The lowest BCUT2D eigenvalue weighted by Gasteiger charge is -2.11. The second-order valence-electron chi connectivity index (χ2n) is 7.36. The zero-order valence-corrected chi connectivity index (χ0v) is 18.5. The van der Waals surface area contributed by atoms with Gasteiger partial charge in [-0.05, 0) is 55.0 Å². The first kappa shape index (κ1) is 21.9. The number of rotatable bonds is 7. The first-order valence-corrected chi connectivity index (χ1v) is 10.2. The molecular formula is C25H23N3O5. The second kappa shape index (κ2) is 9.44. The molecule has 0 saturated heterocycles. The number of aryl methyl sites for hydroxylation is 1. The molecule has 0 radical (unpaired) electrons. The molecule has 4 aromatic rings. The summed E-state index contributed by atoms with van der Waals surface area (Å²) in [4.78, 5) is 29.5. The minimum atomic E-state index is -0.298. The average Bonchev–Trinajstić information content (AvgIpc) is 2.82. The van der Waals surface area contributed by atoms with Crippen molar-refractivity contribution in [3.63, 3.8) is 0 Å². The van der Waals surface area contributed by atoms with Crippen molar-refractivity contribution in [2.45, 2.75) is 13.5 Å². The van der Waals surface area contributed by atoms with E-state index in [1.807, 2.05) is 19.1 Å². The second-order valence-corrected chi connectivity index (χ2v) is 7.36. The van der Waals surface area contributed by atoms with Crippen LogP contribution in [0.15, 0.2) is 71.7 Å². The monoisotopic (exact) mass is 445 g/mol. The molecule has 0 saturated carbocycles. The maximum atomic E-state index is 12.7. The molecule has 8 nitrogen and oxygen atoms in total. The molecule has 2 aromatic heterocycles. The van der Waals surface area contributed by atoms with Crippen molar-refractivity contribution in [1.82, 2.24) is 9.38 Å². The minimum absolute atomic E-state index is 0.118. The molecule has 33 heavy (non-hydrogen) atoms. The van der Waals surface area contributed by atoms with Gasteiger partial charge in [-0.25, -0.2) is 4.98 Å². The number of nitrogens with one attached hydrogen (secondary N) is 1. The summed E-state index contributed by atoms with van der Waals surface area (Å²) in [6.07, 6.45) is 1.70. The lowest BCUT2D eigenvalue weighted by molar-refractivity contribution is 0.102. The lowest BCUT2D eigenvalue weighted by Crippen LogP contribution is -2.16. The van der Waals surface area contributed by atoms with Gasteiger partial charge in [0.25, 0.3) is 11.5 Å². The Morgan fingerprint density at radius 3 is 2.61 bits per heavy atom. The van der Waals surface area contributed by atoms with Gasteiger partial charge in [0.2, 0.25) is 0 Å². The van der Waals surface area contributed by atoms with E-state index in [1.165, 1.54) is 24.7 Å². The maximum absolute atomic E-state index is 12.7. The fourth-order valence-electron chi connectivity index (χ4n) is 3.33. The van der Waals surface area contributed by atoms with Crippen LogP contribution in [0.2, 0.25) is 0 Å². The molecule has 8 heteroatoms. The first-order valence-electron chi connectivity index (χ1n) is 10.2. The molecule has 1 amide bonds. The van der Waals surface area contributed by atoms with Crippen molar-refractivity contribution >= 4 is 17.2 Å². The zero-order chi connectivity index (χ0) is 23.4. The number of hydrogen-bond acceptors (Lipinski definition) is 6. The molecule has 0 aliphatic carbocycles. The molecule has 0 bridgehead atoms. The first-order chi connectivity index (χ1) is 16.0. The number of ether oxygens (including phenoxy) is 3. The number of hydrogen-bond donors (Lipinski definition) is 1. The highest BCUT2D eigenvalue weighted by Crippen LogP contribution is 2.28. The summed E-state index contributed by atoms with van der Waals surface area (Å²) in [6, 6.07) is 17.1. The van der Waals surface area contributed by atoms with E-state index in [9.17, 15) is 9.59 Å². The van der Waals surface area contributed by atoms with Gasteiger partial charge in [0.05, 0.1) is 19.9 Å². The van der Waals surface area contributed by atoms with Crippen LogP contribution in [-0.2, 0) is 6.61 Å². The average molecular weight is 445 g/mol. The van der Waals surface area contributed by atoms with E-state index >= 15 is 0 Å². The summed E-state index contributed by atoms with van der Waals surface area (Å²) < 4.78 is 17.8. The Morgan fingerprint density at radius 1 is 1.00 bits per heavy atom. The van der Waals surface area contributed by atoms with Crippen LogP contribution in [0.1, 0.15) is 21.6 Å². The van der Waals surface area contributed by atoms with E-state index in [1.54, 1.807) is 48.7 Å². The molecule has 1 N–H and O–H groups in total. The molecule has 2 aromatic carbocycles. The third kappa shape index (κ3) is 4.95. The van der Waals surface area contributed by atoms with Gasteiger partial charge >= 0.3 is 0 Å². The Morgan fingerprint density at radius 2 is 1.82 bits per heavy atom. The highest BCUT2D eigenvalue weighted by molar-refractivity contribution is 6.04. The summed E-state index contributed by atoms with van der Waals surface area (Å²) in [6.45, 7) is 2.06. The van der Waals surface area contributed by atoms with Crippen LogP contribution in [0.4, 0.5) is 5.69 Å². The minimum Gasteiger partial charge on any atom is -0.493 e. The fraction of sp³-hybridized carbons (Fsp3) is 0.160. The smallest absolute Gasteiger partial charge is 0.258 e. The van der Waals surface area contributed by atoms with E-state index in [0.717, 1.165) is 5.56 Å². The van der Waals surface area contributed by atoms with Gasteiger partial charge in [0.1, 0.15) is 18.0 Å². The van der Waals surface area contributed by atoms with Crippen molar-refractivity contribution in [2.24, 2.45) is 0 Å². The van der Waals surface area contributed by atoms with Crippen molar-refractivity contribution in [3.05, 3.63) is 94.0 Å². The summed E-state index contributed by atoms with van der Waals surface area (Å²) in [5.41, 5.74) is 2.92. The summed E-state index contributed by atoms with van der Waals surface area (Å²) in [5, 5.41) is 2.84. The van der Waals surface area contributed by atoms with Gasteiger partial charge in [-0.3, -0.25) is 14.0 Å². The van der Waals surface area contributed by atoms with Gasteiger partial charge in [-0.1, -0.05) is 6.07 Å². The van der Waals surface area contributed by atoms with Gasteiger partial charge in [0.15, 0.2) is 11.5 Å². The topological polar surface area (TPSA) is 91.2 Å². The normalized spacial score (nSPS) is 10.6. The van der Waals surface area contributed by atoms with Gasteiger partial charge in [-0.15, -0.1) is 0 Å². The number of benzene rings is 2. The van der Waals surface area contributed by atoms with E-state index in [2.05, 4.69) is 10.3 Å². The number of nitrogens with zero attached hydrogens (tertiary/aromatic N) is 2. The number of carbonyl (C=O) groups excluding carboxylic acids is 1. The molecular weight excluding hydrogens is 422 g/mol. The largest absolute Gasteiger partial charge is 0.493 e. The Bertz CT molecular complexity index is 1380. The number of aromatic nitrogens is 2. The Kier molecular flexibility index (Phi) is 6.26. The van der Waals surface area contributed by atoms with E-state index in [-0.39, 0.29) is 18.1 Å². The summed E-state index contributed by atoms with van der Waals surface area (Å²) >= 11 is 0. The predicted octanol–water partition coefficient (Wildman–Crippen LogP) is 3.85. The standard InChI is InChI=1S/C25H23N3O5/c1-16-9-10-28-23(11-16)26-19(14-24(28)29)15-33-20-6-4-5-18(13-20)27-25(30)17-7-8-21(31-2)22(12-17)32-3/h4-14H,15H2,1-3H3,(H,27,30). The van der Waals surface area contributed by atoms with Crippen LogP contribution in [0.5, 0.6) is 17.2 Å². The fourth-order valence-corrected chi connectivity index (χ4v) is 3.33. The van der Waals surface area contributed by atoms with E-state index in [4.69, 9.17) is 14.2 Å². The number of fused-ring (bicyclic) bond motifs is 1. The van der Waals surface area contributed by atoms with Gasteiger partial charge < -0.3 is 19.5 Å². The van der Waals surface area contributed by atoms with Crippen LogP contribution in [0.25, 0.3) is 5.65 Å². The van der Waals surface area contributed by atoms with E-state index in [0.29, 0.717) is 39.8 Å². The highest BCUT2D eigenvalue weighted by atomic mass is 16.5. The third-order valence-electron chi connectivity index (χ3n) is 5.00. The van der Waals surface area contributed by atoms with Crippen molar-refractivity contribution in [2.75, 3.05) is 19.5 Å². The Hall–Kier alpha value is -4.33. The number of amides is 1. The number of methoxy groups -OCH3 is 2. The summed E-state index contributed by atoms with van der Waals surface area (Å²) in [7, 11) is 3.05. The highest BCUT2D eigenvalue weighted by Gasteiger charge is 2.12. The van der Waals surface area contributed by atoms with Crippen LogP contribution >= 0.6 is 0 Å². The number of carbonyl (C=O) groups is 1. The molecule has 0 unspecified atom stereocenters. The number of anilines is 1. The van der Waals surface area contributed by atoms with Crippen LogP contribution in [-0.4, -0.2) is 29.5 Å². The van der Waals surface area contributed by atoms with Gasteiger partial charge in [0, 0.05) is 29.6 Å². The molecule has 0 aliphatic heterocycles. The van der Waals surface area contributed by atoms with Crippen LogP contribution in [0.3, 0.4) is 0 Å². The number of pyridine rings is 1. The Labute approximate surface area is 190 Å². The van der Waals surface area contributed by atoms with Crippen molar-refractivity contribution in [1.29, 1.82) is 0 Å². The third-order valence-corrected chi connectivity index (χ3v) is 5.00.